The van der Waals surface area contributed by atoms with Crippen LogP contribution in [0.5, 0.6) is 0 Å². The molecule has 1 heterocycles. The second kappa shape index (κ2) is 10.4. The van der Waals surface area contributed by atoms with Gasteiger partial charge in [0.05, 0.1) is 5.69 Å². The summed E-state index contributed by atoms with van der Waals surface area (Å²) in [5.74, 6) is 3.56. The number of carbonyl (C=O) groups is 3. The van der Waals surface area contributed by atoms with Crippen molar-refractivity contribution in [2.24, 2.45) is 0 Å². The molecule has 0 fully saturated rings. The first-order chi connectivity index (χ1) is 16.9. The number of hydrogen-bond donors (Lipinski definition) is 3. The number of hydrogen-bond acceptors (Lipinski definition) is 6. The van der Waals surface area contributed by atoms with Crippen LogP contribution >= 0.6 is 11.5 Å². The molecule has 1 atom stereocenters. The van der Waals surface area contributed by atoms with E-state index in [0.717, 1.165) is 33.8 Å². The molecule has 1 aliphatic carbocycles. The summed E-state index contributed by atoms with van der Waals surface area (Å²) in [7, 11) is 0. The lowest BCUT2D eigenvalue weighted by atomic mass is 9.98. The molecule has 35 heavy (non-hydrogen) atoms. The number of rotatable bonds is 7. The molecule has 2 aromatic carbocycles. The van der Waals surface area contributed by atoms with E-state index < -0.39 is 24.0 Å². The predicted octanol–water partition coefficient (Wildman–Crippen LogP) is 4.41. The number of aromatic nitrogens is 1. The number of fused-ring (bicyclic) bond motifs is 3. The Bertz CT molecular complexity index is 1310. The molecule has 0 bridgehead atoms. The highest BCUT2D eigenvalue weighted by Gasteiger charge is 2.30. The largest absolute Gasteiger partial charge is 0.478 e. The van der Waals surface area contributed by atoms with Crippen molar-refractivity contribution < 1.29 is 24.2 Å². The van der Waals surface area contributed by atoms with Crippen molar-refractivity contribution in [3.63, 3.8) is 0 Å². The Labute approximate surface area is 206 Å². The third kappa shape index (κ3) is 5.03. The fraction of sp³-hybridized carbons (Fsp3) is 0.231. The monoisotopic (exact) mass is 489 g/mol. The number of amides is 2. The van der Waals surface area contributed by atoms with E-state index in [0.29, 0.717) is 5.69 Å². The van der Waals surface area contributed by atoms with Gasteiger partial charge in [-0.15, -0.1) is 11.8 Å². The van der Waals surface area contributed by atoms with E-state index in [1.54, 1.807) is 13.8 Å². The molecule has 0 saturated heterocycles. The van der Waals surface area contributed by atoms with E-state index in [2.05, 4.69) is 26.8 Å². The molecule has 1 aromatic heterocycles. The molecule has 0 spiro atoms. The van der Waals surface area contributed by atoms with E-state index in [1.165, 1.54) is 0 Å². The van der Waals surface area contributed by atoms with Crippen molar-refractivity contribution in [3.8, 4) is 23.0 Å². The molecule has 4 rings (SSSR count). The Balaban J connectivity index is 1.44. The van der Waals surface area contributed by atoms with Gasteiger partial charge < -0.3 is 20.5 Å². The topological polar surface area (TPSA) is 118 Å². The lowest BCUT2D eigenvalue weighted by Crippen LogP contribution is -2.44. The zero-order valence-electron chi connectivity index (χ0n) is 19.1. The quantitative estimate of drug-likeness (QED) is 0.423. The fourth-order valence-electron chi connectivity index (χ4n) is 4.10. The smallest absolute Gasteiger partial charge is 0.407 e. The molecular formula is C26H23N3O5S. The first kappa shape index (κ1) is 24.0. The van der Waals surface area contributed by atoms with E-state index >= 15 is 0 Å². The van der Waals surface area contributed by atoms with Gasteiger partial charge in [0, 0.05) is 12.3 Å². The Kier molecular flexibility index (Phi) is 7.13. The van der Waals surface area contributed by atoms with Gasteiger partial charge in [0.2, 0.25) is 5.91 Å². The molecule has 3 N–H and O–H groups in total. The normalized spacial score (nSPS) is 12.5. The van der Waals surface area contributed by atoms with Gasteiger partial charge in [0.1, 0.15) is 23.2 Å². The third-order valence-electron chi connectivity index (χ3n) is 5.75. The SMILES string of the molecule is CC#CCC(NC(=O)OCC1c2ccccc2-c2ccccc21)C(=O)Nc1snc(C)c1C(=O)O. The third-order valence-corrected chi connectivity index (χ3v) is 6.60. The van der Waals surface area contributed by atoms with Gasteiger partial charge in [-0.2, -0.15) is 4.37 Å². The summed E-state index contributed by atoms with van der Waals surface area (Å²) in [5, 5.41) is 14.6. The van der Waals surface area contributed by atoms with E-state index in [4.69, 9.17) is 4.74 Å². The van der Waals surface area contributed by atoms with Crippen LogP contribution in [0.15, 0.2) is 48.5 Å². The zero-order chi connectivity index (χ0) is 24.9. The van der Waals surface area contributed by atoms with Crippen LogP contribution in [-0.4, -0.2) is 40.1 Å². The highest BCUT2D eigenvalue weighted by atomic mass is 32.1. The Morgan fingerprint density at radius 1 is 1.11 bits per heavy atom. The molecule has 0 aliphatic heterocycles. The van der Waals surface area contributed by atoms with E-state index in [-0.39, 0.29) is 29.5 Å². The predicted molar refractivity (Wildman–Crippen MR) is 132 cm³/mol. The molecule has 3 aromatic rings. The number of nitrogens with zero attached hydrogens (tertiary/aromatic N) is 1. The number of aromatic carboxylic acids is 1. The van der Waals surface area contributed by atoms with Gasteiger partial charge in [-0.25, -0.2) is 9.59 Å². The minimum absolute atomic E-state index is 0.0344. The first-order valence-corrected chi connectivity index (χ1v) is 11.7. The van der Waals surface area contributed by atoms with Crippen molar-refractivity contribution in [2.45, 2.75) is 32.2 Å². The molecule has 8 nitrogen and oxygen atoms in total. The maximum Gasteiger partial charge on any atom is 0.407 e. The van der Waals surface area contributed by atoms with Crippen molar-refractivity contribution in [1.29, 1.82) is 0 Å². The van der Waals surface area contributed by atoms with E-state index in [1.807, 2.05) is 48.5 Å². The number of aryl methyl sites for hydroxylation is 1. The number of carboxylic acid groups (broad SMARTS) is 1. The second-order valence-corrected chi connectivity index (χ2v) is 8.69. The molecule has 0 radical (unpaired) electrons. The van der Waals surface area contributed by atoms with Gasteiger partial charge in [-0.1, -0.05) is 48.5 Å². The Hall–Kier alpha value is -4.16. The summed E-state index contributed by atoms with van der Waals surface area (Å²) in [6, 6.07) is 14.9. The number of benzene rings is 2. The fourth-order valence-corrected chi connectivity index (χ4v) is 4.89. The summed E-state index contributed by atoms with van der Waals surface area (Å²) in [4.78, 5) is 37.0. The molecular weight excluding hydrogens is 466 g/mol. The summed E-state index contributed by atoms with van der Waals surface area (Å²) in [6.45, 7) is 3.27. The van der Waals surface area contributed by atoms with Crippen LogP contribution < -0.4 is 10.6 Å². The molecule has 1 unspecified atom stereocenters. The minimum Gasteiger partial charge on any atom is -0.478 e. The van der Waals surface area contributed by atoms with Crippen LogP contribution in [-0.2, 0) is 9.53 Å². The van der Waals surface area contributed by atoms with Gasteiger partial charge >= 0.3 is 12.1 Å². The van der Waals surface area contributed by atoms with Crippen molar-refractivity contribution in [2.75, 3.05) is 11.9 Å². The van der Waals surface area contributed by atoms with Gasteiger partial charge in [-0.05, 0) is 47.6 Å². The lowest BCUT2D eigenvalue weighted by molar-refractivity contribution is -0.117. The number of carbonyl (C=O) groups excluding carboxylic acids is 2. The average molecular weight is 490 g/mol. The number of anilines is 1. The van der Waals surface area contributed by atoms with Crippen molar-refractivity contribution in [1.82, 2.24) is 9.69 Å². The maximum atomic E-state index is 12.9. The van der Waals surface area contributed by atoms with Gasteiger partial charge in [-0.3, -0.25) is 4.79 Å². The zero-order valence-corrected chi connectivity index (χ0v) is 19.9. The Morgan fingerprint density at radius 3 is 2.34 bits per heavy atom. The Morgan fingerprint density at radius 2 is 1.74 bits per heavy atom. The van der Waals surface area contributed by atoms with E-state index in [9.17, 15) is 19.5 Å². The van der Waals surface area contributed by atoms with Crippen LogP contribution in [0.1, 0.15) is 46.4 Å². The second-order valence-electron chi connectivity index (χ2n) is 7.92. The average Bonchev–Trinajstić information content (AvgIpc) is 3.37. The van der Waals surface area contributed by atoms with Gasteiger partial charge in [0.15, 0.2) is 0 Å². The summed E-state index contributed by atoms with van der Waals surface area (Å²) >= 11 is 0.864. The number of nitrogens with one attached hydrogen (secondary N) is 2. The minimum atomic E-state index is -1.19. The van der Waals surface area contributed by atoms with Crippen LogP contribution in [0, 0.1) is 18.8 Å². The summed E-state index contributed by atoms with van der Waals surface area (Å²) in [5.41, 5.74) is 4.60. The molecule has 9 heteroatoms. The molecule has 0 saturated carbocycles. The number of carboxylic acids is 1. The maximum absolute atomic E-state index is 12.9. The summed E-state index contributed by atoms with van der Waals surface area (Å²) in [6.07, 6.45) is -0.726. The number of alkyl carbamates (subject to hydrolysis) is 1. The van der Waals surface area contributed by atoms with Crippen LogP contribution in [0.2, 0.25) is 0 Å². The van der Waals surface area contributed by atoms with Gasteiger partial charge in [0.25, 0.3) is 0 Å². The van der Waals surface area contributed by atoms with Crippen LogP contribution in [0.25, 0.3) is 11.1 Å². The van der Waals surface area contributed by atoms with Crippen LogP contribution in [0.3, 0.4) is 0 Å². The van der Waals surface area contributed by atoms with Crippen molar-refractivity contribution in [3.05, 3.63) is 70.9 Å². The van der Waals surface area contributed by atoms with Crippen LogP contribution in [0.4, 0.5) is 9.80 Å². The standard InChI is InChI=1S/C26H23N3O5S/c1-3-4-13-21(23(30)28-24-22(25(31)32)15(2)29-35-24)27-26(33)34-14-20-18-11-7-5-9-16(18)17-10-6-8-12-19(17)20/h5-12,20-21H,13-14H2,1-2H3,(H,27,33)(H,28,30)(H,31,32). The highest BCUT2D eigenvalue weighted by Crippen LogP contribution is 2.44. The van der Waals surface area contributed by atoms with Crippen molar-refractivity contribution >= 4 is 34.5 Å². The molecule has 2 amide bonds. The summed E-state index contributed by atoms with van der Waals surface area (Å²) < 4.78 is 9.52. The molecule has 1 aliphatic rings. The number of ether oxygens (including phenoxy) is 1. The lowest BCUT2D eigenvalue weighted by Gasteiger charge is -2.18. The first-order valence-electron chi connectivity index (χ1n) is 10.9. The highest BCUT2D eigenvalue weighted by molar-refractivity contribution is 7.11. The molecule has 178 valence electrons.